The predicted molar refractivity (Wildman–Crippen MR) is 174 cm³/mol. The molecule has 5 rings (SSSR count). The van der Waals surface area contributed by atoms with E-state index in [1.807, 2.05) is 43.4 Å². The molecule has 0 radical (unpaired) electrons. The Morgan fingerprint density at radius 2 is 1.41 bits per heavy atom. The van der Waals surface area contributed by atoms with Crippen molar-refractivity contribution in [3.63, 3.8) is 0 Å². The highest BCUT2D eigenvalue weighted by Crippen LogP contribution is 2.42. The van der Waals surface area contributed by atoms with Gasteiger partial charge in [0.25, 0.3) is 0 Å². The molecule has 12 heteroatoms. The normalized spacial score (nSPS) is 14.9. The summed E-state index contributed by atoms with van der Waals surface area (Å²) in [5, 5.41) is 15.0. The van der Waals surface area contributed by atoms with Crippen molar-refractivity contribution in [3.8, 4) is 45.4 Å². The number of benzene rings is 2. The largest absolute Gasteiger partial charge is 0.480 e. The van der Waals surface area contributed by atoms with E-state index in [9.17, 15) is 0 Å². The van der Waals surface area contributed by atoms with E-state index in [0.29, 0.717) is 75.2 Å². The van der Waals surface area contributed by atoms with E-state index >= 15 is 0 Å². The monoisotopic (exact) mass is 632 g/mol. The van der Waals surface area contributed by atoms with Crippen LogP contribution in [-0.2, 0) is 13.1 Å². The molecule has 44 heavy (non-hydrogen) atoms. The summed E-state index contributed by atoms with van der Waals surface area (Å²) in [7, 11) is 4.97. The summed E-state index contributed by atoms with van der Waals surface area (Å²) in [6.07, 6.45) is 7.09. The van der Waals surface area contributed by atoms with Gasteiger partial charge in [-0.25, -0.2) is 9.97 Å². The molecule has 1 atom stereocenters. The van der Waals surface area contributed by atoms with Gasteiger partial charge in [-0.15, -0.1) is 0 Å². The third-order valence-corrected chi connectivity index (χ3v) is 8.38. The van der Waals surface area contributed by atoms with E-state index in [1.165, 1.54) is 6.21 Å². The van der Waals surface area contributed by atoms with Gasteiger partial charge in [0, 0.05) is 59.7 Å². The lowest BCUT2D eigenvalue weighted by molar-refractivity contribution is 0.381. The average Bonchev–Trinajstić information content (AvgIpc) is 3.04. The highest BCUT2D eigenvalue weighted by molar-refractivity contribution is 6.39. The quantitative estimate of drug-likeness (QED) is 0.150. The lowest BCUT2D eigenvalue weighted by Gasteiger charge is -2.25. The van der Waals surface area contributed by atoms with Crippen LogP contribution in [0.2, 0.25) is 10.0 Å². The fraction of sp³-hybridized carbons (Fsp3) is 0.281. The molecule has 0 saturated carbocycles. The van der Waals surface area contributed by atoms with Crippen LogP contribution >= 0.6 is 23.2 Å². The van der Waals surface area contributed by atoms with Gasteiger partial charge < -0.3 is 31.3 Å². The Bertz CT molecular complexity index is 1710. The van der Waals surface area contributed by atoms with Crippen LogP contribution in [0.15, 0.2) is 60.1 Å². The van der Waals surface area contributed by atoms with Crippen molar-refractivity contribution in [2.24, 2.45) is 5.73 Å². The fourth-order valence-corrected chi connectivity index (χ4v) is 5.88. The van der Waals surface area contributed by atoms with Gasteiger partial charge in [0.2, 0.25) is 11.8 Å². The van der Waals surface area contributed by atoms with Gasteiger partial charge in [-0.2, -0.15) is 0 Å². The summed E-state index contributed by atoms with van der Waals surface area (Å²) >= 11 is 14.0. The van der Waals surface area contributed by atoms with E-state index in [-0.39, 0.29) is 6.04 Å². The number of methoxy groups -OCH3 is 2. The summed E-state index contributed by atoms with van der Waals surface area (Å²) in [6.45, 7) is 0.992. The first-order valence-electron chi connectivity index (χ1n) is 14.1. The number of hydrogen-bond acceptors (Lipinski definition) is 10. The van der Waals surface area contributed by atoms with Crippen molar-refractivity contribution in [3.05, 3.63) is 81.5 Å². The summed E-state index contributed by atoms with van der Waals surface area (Å²) in [4.78, 5) is 18.6. The topological polar surface area (TPSA) is 144 Å². The van der Waals surface area contributed by atoms with Crippen LogP contribution in [0.5, 0.6) is 11.8 Å². The number of aromatic nitrogens is 4. The first-order chi connectivity index (χ1) is 21.4. The van der Waals surface area contributed by atoms with E-state index in [0.717, 1.165) is 35.2 Å². The Kier molecular flexibility index (Phi) is 10.1. The first kappa shape index (κ1) is 31.3. The second-order valence-corrected chi connectivity index (χ2v) is 11.1. The van der Waals surface area contributed by atoms with E-state index in [1.54, 1.807) is 26.6 Å². The highest BCUT2D eigenvalue weighted by Gasteiger charge is 2.21. The van der Waals surface area contributed by atoms with Crippen LogP contribution in [0, 0.1) is 5.41 Å². The summed E-state index contributed by atoms with van der Waals surface area (Å²) < 4.78 is 11.1. The van der Waals surface area contributed by atoms with Gasteiger partial charge in [0.15, 0.2) is 0 Å². The van der Waals surface area contributed by atoms with Crippen LogP contribution in [0.25, 0.3) is 33.6 Å². The van der Waals surface area contributed by atoms with Crippen LogP contribution in [0.4, 0.5) is 0 Å². The average molecular weight is 634 g/mol. The molecule has 2 heterocycles. The van der Waals surface area contributed by atoms with Crippen molar-refractivity contribution in [1.82, 2.24) is 30.6 Å². The summed E-state index contributed by atoms with van der Waals surface area (Å²) in [6, 6.07) is 11.6. The van der Waals surface area contributed by atoms with Gasteiger partial charge in [-0.1, -0.05) is 59.6 Å². The minimum atomic E-state index is 0.190. The first-order valence-corrected chi connectivity index (χ1v) is 14.9. The zero-order valence-corrected chi connectivity index (χ0v) is 26.3. The Balaban J connectivity index is 1.42. The number of hydrogen-bond donors (Lipinski definition) is 4. The number of allylic oxidation sites excluding steroid dienone is 1. The van der Waals surface area contributed by atoms with Gasteiger partial charge in [0.05, 0.1) is 48.0 Å². The Hall–Kier alpha value is -4.09. The summed E-state index contributed by atoms with van der Waals surface area (Å²) in [5.41, 5.74) is 13.2. The Labute approximate surface area is 266 Å². The minimum absolute atomic E-state index is 0.190. The number of halogens is 2. The maximum atomic E-state index is 7.49. The van der Waals surface area contributed by atoms with Crippen LogP contribution in [0.1, 0.15) is 30.7 Å². The third kappa shape index (κ3) is 6.53. The molecule has 1 unspecified atom stereocenters. The van der Waals surface area contributed by atoms with Gasteiger partial charge in [0.1, 0.15) is 11.4 Å². The van der Waals surface area contributed by atoms with Crippen molar-refractivity contribution in [2.75, 3.05) is 21.3 Å². The SMILES string of the molecule is CNCc1ncc(-c2cccc(-c3cccc(-c4cnc(CNC5CCC(C=N)=C(N)C5)c(OC)n4)c3Cl)c2Cl)nc1OC. The molecule has 0 amide bonds. The molecule has 0 spiro atoms. The maximum Gasteiger partial charge on any atom is 0.237 e. The van der Waals surface area contributed by atoms with Crippen molar-refractivity contribution in [2.45, 2.75) is 38.4 Å². The molecule has 5 N–H and O–H groups in total. The molecule has 0 saturated heterocycles. The Morgan fingerprint density at radius 3 is 1.89 bits per heavy atom. The second kappa shape index (κ2) is 14.1. The molecule has 2 aromatic carbocycles. The smallest absolute Gasteiger partial charge is 0.237 e. The van der Waals surface area contributed by atoms with Crippen molar-refractivity contribution in [1.29, 1.82) is 5.41 Å². The number of nitrogens with one attached hydrogen (secondary N) is 3. The van der Waals surface area contributed by atoms with Crippen LogP contribution < -0.4 is 25.8 Å². The second-order valence-electron chi connectivity index (χ2n) is 10.3. The van der Waals surface area contributed by atoms with Gasteiger partial charge in [-0.05, 0) is 25.5 Å². The number of rotatable bonds is 11. The van der Waals surface area contributed by atoms with Gasteiger partial charge in [-0.3, -0.25) is 9.97 Å². The fourth-order valence-electron chi connectivity index (χ4n) is 5.24. The molecular formula is C32H34Cl2N8O2. The zero-order chi connectivity index (χ0) is 31.2. The minimum Gasteiger partial charge on any atom is -0.480 e. The summed E-state index contributed by atoms with van der Waals surface area (Å²) in [5.74, 6) is 0.839. The third-order valence-electron chi connectivity index (χ3n) is 7.57. The molecule has 1 aliphatic carbocycles. The lowest BCUT2D eigenvalue weighted by Crippen LogP contribution is -2.33. The molecular weight excluding hydrogens is 599 g/mol. The number of ether oxygens (including phenoxy) is 2. The van der Waals surface area contributed by atoms with Gasteiger partial charge >= 0.3 is 0 Å². The number of nitrogens with two attached hydrogens (primary N) is 1. The number of nitrogens with zero attached hydrogens (tertiary/aromatic N) is 4. The molecule has 1 aliphatic rings. The maximum absolute atomic E-state index is 7.49. The van der Waals surface area contributed by atoms with E-state index in [4.69, 9.17) is 48.8 Å². The molecule has 0 fully saturated rings. The van der Waals surface area contributed by atoms with Crippen molar-refractivity contribution < 1.29 is 9.47 Å². The van der Waals surface area contributed by atoms with E-state index in [2.05, 4.69) is 25.6 Å². The highest BCUT2D eigenvalue weighted by atomic mass is 35.5. The van der Waals surface area contributed by atoms with Crippen LogP contribution in [-0.4, -0.2) is 53.5 Å². The molecule has 0 bridgehead atoms. The van der Waals surface area contributed by atoms with Crippen LogP contribution in [0.3, 0.4) is 0 Å². The molecule has 228 valence electrons. The van der Waals surface area contributed by atoms with Crippen molar-refractivity contribution >= 4 is 29.4 Å². The standard InChI is InChI=1S/C32H34Cl2N8O2/c1-37-14-27-31(43-2)41-25(15-39-27)22-8-4-6-20(29(22)33)21-7-5-9-23(30(21)34)26-16-40-28(32(42-26)44-3)17-38-19-11-10-18(13-35)24(36)12-19/h4-9,13,15-16,19,35,37-38H,10-12,14,17,36H2,1-3H3. The molecule has 2 aromatic heterocycles. The zero-order valence-electron chi connectivity index (χ0n) is 24.7. The lowest BCUT2D eigenvalue weighted by atomic mass is 9.93. The Morgan fingerprint density at radius 1 is 0.886 bits per heavy atom. The predicted octanol–water partition coefficient (Wildman–Crippen LogP) is 5.82. The molecule has 0 aliphatic heterocycles. The van der Waals surface area contributed by atoms with E-state index < -0.39 is 0 Å². The molecule has 4 aromatic rings. The molecule has 10 nitrogen and oxygen atoms in total.